The van der Waals surface area contributed by atoms with Crippen LogP contribution in [0.25, 0.3) is 0 Å². The van der Waals surface area contributed by atoms with Crippen LogP contribution in [0.1, 0.15) is 40.0 Å². The Labute approximate surface area is 159 Å². The highest BCUT2D eigenvalue weighted by Crippen LogP contribution is 2.44. The Hall–Kier alpha value is -1.76. The number of rotatable bonds is 2. The van der Waals surface area contributed by atoms with Gasteiger partial charge >= 0.3 is 5.97 Å². The van der Waals surface area contributed by atoms with Gasteiger partial charge in [0, 0.05) is 18.3 Å². The van der Waals surface area contributed by atoms with Crippen LogP contribution in [0.3, 0.4) is 0 Å². The minimum Gasteiger partial charge on any atom is -0.457 e. The molecule has 0 aromatic heterocycles. The van der Waals surface area contributed by atoms with E-state index in [2.05, 4.69) is 13.2 Å². The highest BCUT2D eigenvalue weighted by molar-refractivity contribution is 5.90. The molecule has 3 aliphatic heterocycles. The third-order valence-electron chi connectivity index (χ3n) is 5.91. The van der Waals surface area contributed by atoms with E-state index >= 15 is 0 Å². The lowest BCUT2D eigenvalue weighted by atomic mass is 9.83. The summed E-state index contributed by atoms with van der Waals surface area (Å²) in [6.45, 7) is 13.4. The summed E-state index contributed by atoms with van der Waals surface area (Å²) in [7, 11) is 0. The van der Waals surface area contributed by atoms with E-state index in [9.17, 15) is 14.7 Å². The average molecular weight is 376 g/mol. The minimum atomic E-state index is -1.70. The molecule has 2 bridgehead atoms. The molecule has 2 fully saturated rings. The Balaban J connectivity index is 1.89. The highest BCUT2D eigenvalue weighted by Gasteiger charge is 2.54. The number of cyclic esters (lactones) is 1. The molecule has 0 aromatic carbocycles. The zero-order valence-electron chi connectivity index (χ0n) is 16.1. The van der Waals surface area contributed by atoms with E-state index in [1.165, 1.54) is 6.08 Å². The molecule has 2 saturated heterocycles. The van der Waals surface area contributed by atoms with E-state index in [1.54, 1.807) is 13.0 Å². The fourth-order valence-electron chi connectivity index (χ4n) is 3.64. The number of fused-ring (bicyclic) bond motifs is 4. The molecular formula is C21H28O6. The van der Waals surface area contributed by atoms with Crippen molar-refractivity contribution in [3.8, 4) is 0 Å². The first-order chi connectivity index (χ1) is 12.6. The SMILES string of the molecule is C=C1C[C@@H]2O[C@@](O)(CC(=O)O[C@H]([C@H](C)C(=C)C)/C=C/C(=O)C[C@@H]3O[C@H]32)C1C. The van der Waals surface area contributed by atoms with Crippen molar-refractivity contribution in [2.45, 2.75) is 70.2 Å². The Kier molecular flexibility index (Phi) is 5.43. The zero-order valence-corrected chi connectivity index (χ0v) is 16.1. The monoisotopic (exact) mass is 376 g/mol. The number of carbonyl (C=O) groups is 2. The molecule has 0 saturated carbocycles. The van der Waals surface area contributed by atoms with Crippen molar-refractivity contribution in [3.63, 3.8) is 0 Å². The van der Waals surface area contributed by atoms with Crippen LogP contribution in [-0.2, 0) is 23.8 Å². The van der Waals surface area contributed by atoms with Gasteiger partial charge in [-0.25, -0.2) is 0 Å². The summed E-state index contributed by atoms with van der Waals surface area (Å²) in [6.07, 6.45) is 1.87. The number of hydrogen-bond acceptors (Lipinski definition) is 6. The zero-order chi connectivity index (χ0) is 19.9. The molecule has 3 rings (SSSR count). The van der Waals surface area contributed by atoms with Crippen molar-refractivity contribution in [2.75, 3.05) is 0 Å². The lowest BCUT2D eigenvalue weighted by Gasteiger charge is -2.42. The Morgan fingerprint density at radius 2 is 2.04 bits per heavy atom. The fraction of sp³-hybridized carbons (Fsp3) is 0.619. The predicted octanol–water partition coefficient (Wildman–Crippen LogP) is 2.47. The summed E-state index contributed by atoms with van der Waals surface area (Å²) in [4.78, 5) is 24.8. The van der Waals surface area contributed by atoms with Gasteiger partial charge in [-0.2, -0.15) is 0 Å². The topological polar surface area (TPSA) is 85.4 Å². The van der Waals surface area contributed by atoms with Crippen molar-refractivity contribution in [2.24, 2.45) is 11.8 Å². The maximum Gasteiger partial charge on any atom is 0.311 e. The van der Waals surface area contributed by atoms with Crippen molar-refractivity contribution >= 4 is 11.8 Å². The molecule has 6 heteroatoms. The van der Waals surface area contributed by atoms with Gasteiger partial charge in [-0.1, -0.05) is 38.2 Å². The maximum absolute atomic E-state index is 12.6. The molecule has 0 radical (unpaired) electrons. The second-order valence-corrected chi connectivity index (χ2v) is 8.02. The second kappa shape index (κ2) is 7.34. The highest BCUT2D eigenvalue weighted by atomic mass is 16.7. The van der Waals surface area contributed by atoms with E-state index in [0.717, 1.165) is 11.1 Å². The van der Waals surface area contributed by atoms with Crippen LogP contribution in [0.15, 0.2) is 36.5 Å². The largest absolute Gasteiger partial charge is 0.457 e. The van der Waals surface area contributed by atoms with E-state index in [1.807, 2.05) is 13.8 Å². The number of hydrogen-bond donors (Lipinski definition) is 1. The van der Waals surface area contributed by atoms with Crippen LogP contribution >= 0.6 is 0 Å². The Morgan fingerprint density at radius 3 is 2.70 bits per heavy atom. The number of ether oxygens (including phenoxy) is 3. The van der Waals surface area contributed by atoms with Gasteiger partial charge in [0.25, 0.3) is 0 Å². The third kappa shape index (κ3) is 4.23. The van der Waals surface area contributed by atoms with E-state index < -0.39 is 29.9 Å². The summed E-state index contributed by atoms with van der Waals surface area (Å²) in [5.74, 6) is -2.99. The van der Waals surface area contributed by atoms with Crippen LogP contribution in [0.2, 0.25) is 0 Å². The van der Waals surface area contributed by atoms with Gasteiger partial charge in [0.05, 0.1) is 12.2 Å². The molecule has 1 N–H and O–H groups in total. The van der Waals surface area contributed by atoms with Crippen molar-refractivity contribution < 1.29 is 28.9 Å². The first-order valence-corrected chi connectivity index (χ1v) is 9.40. The van der Waals surface area contributed by atoms with Gasteiger partial charge in [-0.15, -0.1) is 0 Å². The van der Waals surface area contributed by atoms with Crippen molar-refractivity contribution in [3.05, 3.63) is 36.5 Å². The van der Waals surface area contributed by atoms with Gasteiger partial charge in [0.15, 0.2) is 11.6 Å². The van der Waals surface area contributed by atoms with Crippen molar-refractivity contribution in [1.29, 1.82) is 0 Å². The number of esters is 1. The van der Waals surface area contributed by atoms with E-state index in [4.69, 9.17) is 14.2 Å². The maximum atomic E-state index is 12.6. The van der Waals surface area contributed by atoms with Gasteiger partial charge in [-0.3, -0.25) is 9.59 Å². The number of carbonyl (C=O) groups excluding carboxylic acids is 2. The molecule has 0 aliphatic carbocycles. The molecule has 3 aliphatic rings. The second-order valence-electron chi connectivity index (χ2n) is 8.02. The summed E-state index contributed by atoms with van der Waals surface area (Å²) in [5.41, 5.74) is 1.62. The van der Waals surface area contributed by atoms with E-state index in [-0.39, 0.29) is 36.8 Å². The predicted molar refractivity (Wildman–Crippen MR) is 98.6 cm³/mol. The van der Waals surface area contributed by atoms with Crippen LogP contribution < -0.4 is 0 Å². The van der Waals surface area contributed by atoms with Gasteiger partial charge in [0.2, 0.25) is 0 Å². The van der Waals surface area contributed by atoms with Gasteiger partial charge in [-0.05, 0) is 25.5 Å². The number of aliphatic hydroxyl groups is 1. The van der Waals surface area contributed by atoms with Gasteiger partial charge < -0.3 is 19.3 Å². The quantitative estimate of drug-likeness (QED) is 0.453. The van der Waals surface area contributed by atoms with Crippen LogP contribution in [0.4, 0.5) is 0 Å². The minimum absolute atomic E-state index is 0.102. The van der Waals surface area contributed by atoms with Crippen LogP contribution in [0.5, 0.6) is 0 Å². The van der Waals surface area contributed by atoms with Crippen molar-refractivity contribution in [1.82, 2.24) is 0 Å². The number of ketones is 1. The first-order valence-electron chi connectivity index (χ1n) is 9.40. The first kappa shape index (κ1) is 20.0. The summed E-state index contributed by atoms with van der Waals surface area (Å²) >= 11 is 0. The molecule has 3 heterocycles. The average Bonchev–Trinajstić information content (AvgIpc) is 3.33. The molecule has 7 atom stereocenters. The molecule has 27 heavy (non-hydrogen) atoms. The molecule has 0 amide bonds. The molecule has 1 unspecified atom stereocenters. The molecule has 0 spiro atoms. The summed E-state index contributed by atoms with van der Waals surface area (Å²) < 4.78 is 17.1. The van der Waals surface area contributed by atoms with E-state index in [0.29, 0.717) is 6.42 Å². The van der Waals surface area contributed by atoms with Crippen LogP contribution in [0, 0.1) is 11.8 Å². The Bertz CT molecular complexity index is 695. The molecular weight excluding hydrogens is 348 g/mol. The fourth-order valence-corrected chi connectivity index (χ4v) is 3.64. The molecule has 148 valence electrons. The standard InChI is InChI=1S/C21H28O6/c1-11(2)13(4)16-7-6-15(22)9-17-20(26-17)18-8-12(3)14(5)21(24,27-18)10-19(23)25-16/h6-7,13-14,16-18,20,24H,1,3,8-10H2,2,4-5H3/b7-6+/t13-,14?,16+,17+,18+,20-,21+/m1/s1. The lowest BCUT2D eigenvalue weighted by molar-refractivity contribution is -0.271. The Morgan fingerprint density at radius 1 is 1.33 bits per heavy atom. The number of allylic oxidation sites excluding steroid dienone is 1. The van der Waals surface area contributed by atoms with Crippen LogP contribution in [-0.4, -0.2) is 47.1 Å². The number of epoxide rings is 1. The normalized spacial score (nSPS) is 41.9. The summed E-state index contributed by atoms with van der Waals surface area (Å²) in [6, 6.07) is 0. The van der Waals surface area contributed by atoms with Gasteiger partial charge in [0.1, 0.15) is 18.6 Å². The lowest BCUT2D eigenvalue weighted by Crippen LogP contribution is -2.51. The molecule has 0 aromatic rings. The molecule has 6 nitrogen and oxygen atoms in total. The third-order valence-corrected chi connectivity index (χ3v) is 5.91. The summed E-state index contributed by atoms with van der Waals surface area (Å²) in [5, 5.41) is 11.0. The smallest absolute Gasteiger partial charge is 0.311 e.